The summed E-state index contributed by atoms with van der Waals surface area (Å²) in [5, 5.41) is 111. The highest BCUT2D eigenvalue weighted by molar-refractivity contribution is 5.98. The zero-order valence-electron chi connectivity index (χ0n) is 38.1. The molecule has 3 aromatic carbocycles. The number of nitrogens with zero attached hydrogens (tertiary/aromatic N) is 2. The van der Waals surface area contributed by atoms with Crippen LogP contribution in [0, 0.1) is 5.92 Å². The molecule has 22 heteroatoms. The predicted molar refractivity (Wildman–Crippen MR) is 242 cm³/mol. The maximum Gasteiger partial charge on any atom is 0.248 e. The molecular formula is C47H61N7O15. The summed E-state index contributed by atoms with van der Waals surface area (Å²) >= 11 is 0. The van der Waals surface area contributed by atoms with E-state index < -0.39 is 146 Å². The fourth-order valence-corrected chi connectivity index (χ4v) is 8.76. The van der Waals surface area contributed by atoms with Gasteiger partial charge in [0.1, 0.15) is 54.3 Å². The number of benzene rings is 3. The molecule has 3 saturated heterocycles. The van der Waals surface area contributed by atoms with E-state index >= 15 is 0 Å². The van der Waals surface area contributed by atoms with Crippen LogP contribution in [-0.4, -0.2) is 183 Å². The Bertz CT molecular complexity index is 2290. The van der Waals surface area contributed by atoms with E-state index in [1.807, 2.05) is 42.5 Å². The molecule has 6 amide bonds. The smallest absolute Gasteiger partial charge is 0.248 e. The van der Waals surface area contributed by atoms with Crippen molar-refractivity contribution in [2.24, 2.45) is 5.92 Å². The first-order valence-electron chi connectivity index (χ1n) is 22.6. The highest BCUT2D eigenvalue weighted by Gasteiger charge is 2.50. The van der Waals surface area contributed by atoms with E-state index in [0.29, 0.717) is 5.56 Å². The second-order valence-electron chi connectivity index (χ2n) is 18.0. The van der Waals surface area contributed by atoms with Crippen LogP contribution in [0.15, 0.2) is 78.9 Å². The van der Waals surface area contributed by atoms with E-state index in [-0.39, 0.29) is 24.4 Å². The lowest BCUT2D eigenvalue weighted by Gasteiger charge is -2.34. The van der Waals surface area contributed by atoms with Gasteiger partial charge < -0.3 is 82.3 Å². The number of amides is 6. The lowest BCUT2D eigenvalue weighted by atomic mass is 9.96. The topological polar surface area (TPSA) is 351 Å². The van der Waals surface area contributed by atoms with Gasteiger partial charge in [0.05, 0.1) is 30.5 Å². The Balaban J connectivity index is 1.37. The number of phenols is 1. The summed E-state index contributed by atoms with van der Waals surface area (Å²) in [6, 6.07) is 10.6. The third kappa shape index (κ3) is 12.2. The Hall–Kier alpha value is -6.08. The average Bonchev–Trinajstić information content (AvgIpc) is 3.87. The maximum absolute atomic E-state index is 14.3. The molecule has 0 unspecified atom stereocenters. The number of rotatable bonds is 9. The van der Waals surface area contributed by atoms with Crippen LogP contribution >= 0.6 is 0 Å². The van der Waals surface area contributed by atoms with Gasteiger partial charge in [-0.15, -0.1) is 0 Å². The first kappa shape index (κ1) is 52.3. The summed E-state index contributed by atoms with van der Waals surface area (Å²) in [4.78, 5) is 86.9. The molecule has 69 heavy (non-hydrogen) atoms. The molecule has 0 radical (unpaired) electrons. The number of nitrogens with one attached hydrogen (secondary N) is 5. The van der Waals surface area contributed by atoms with Crippen LogP contribution in [0.2, 0.25) is 0 Å². The van der Waals surface area contributed by atoms with Crippen molar-refractivity contribution in [3.8, 4) is 16.9 Å². The summed E-state index contributed by atoms with van der Waals surface area (Å²) in [6.07, 6.45) is -15.8. The lowest BCUT2D eigenvalue weighted by molar-refractivity contribution is -0.148. The molecule has 0 spiro atoms. The summed E-state index contributed by atoms with van der Waals surface area (Å²) in [7, 11) is 0. The van der Waals surface area contributed by atoms with E-state index in [1.54, 1.807) is 12.1 Å². The van der Waals surface area contributed by atoms with E-state index in [2.05, 4.69) is 26.6 Å². The number of hydrogen-bond acceptors (Lipinski definition) is 16. The molecule has 374 valence electrons. The maximum atomic E-state index is 14.3. The van der Waals surface area contributed by atoms with Crippen LogP contribution in [0.5, 0.6) is 5.75 Å². The SMILES string of the molecule is C[C@@H](O)[C@@H]1NC(=O)[C@H]([C@H](O)[C@@H](O)c2ccc(O)cc2)NC(=O)[C@@H]2C[C@@H](O)CN2C(=O)[C@H]([C@@H](C)O)NC(=O)[C@@H](NCc2ccc(-c3ccccc3)cc2)C[C@@H](O)[C@H](O)NC(=O)[C@@H]2[C@@H](O)[C@@H](C)CN2C1=O. The minimum Gasteiger partial charge on any atom is -0.508 e. The number of phenolic OH excluding ortho intramolecular Hbond substituents is 1. The van der Waals surface area contributed by atoms with Gasteiger partial charge in [-0.2, -0.15) is 0 Å². The van der Waals surface area contributed by atoms with Crippen molar-refractivity contribution >= 4 is 35.4 Å². The highest BCUT2D eigenvalue weighted by atomic mass is 16.3. The number of aromatic hydroxyl groups is 1. The fraction of sp³-hybridized carbons (Fsp3) is 0.489. The minimum atomic E-state index is -2.25. The van der Waals surface area contributed by atoms with Crippen molar-refractivity contribution < 1.29 is 74.7 Å². The first-order valence-corrected chi connectivity index (χ1v) is 22.6. The molecule has 22 nitrogen and oxygen atoms in total. The van der Waals surface area contributed by atoms with Crippen LogP contribution in [0.25, 0.3) is 11.1 Å². The van der Waals surface area contributed by atoms with Gasteiger partial charge in [0, 0.05) is 38.4 Å². The van der Waals surface area contributed by atoms with Crippen molar-refractivity contribution in [3.05, 3.63) is 90.0 Å². The van der Waals surface area contributed by atoms with Gasteiger partial charge in [-0.25, -0.2) is 0 Å². The second-order valence-corrected chi connectivity index (χ2v) is 18.0. The van der Waals surface area contributed by atoms with E-state index in [9.17, 15) is 74.7 Å². The van der Waals surface area contributed by atoms with Gasteiger partial charge in [-0.1, -0.05) is 73.7 Å². The molecule has 6 rings (SSSR count). The largest absolute Gasteiger partial charge is 0.508 e. The molecule has 0 aliphatic carbocycles. The van der Waals surface area contributed by atoms with Gasteiger partial charge >= 0.3 is 0 Å². The number of aliphatic hydroxyl groups is 8. The quantitative estimate of drug-likeness (QED) is 0.0978. The Morgan fingerprint density at radius 2 is 1.20 bits per heavy atom. The van der Waals surface area contributed by atoms with Crippen molar-refractivity contribution in [2.75, 3.05) is 13.1 Å². The number of carbonyl (C=O) groups excluding carboxylic acids is 6. The number of hydrogen-bond donors (Lipinski definition) is 14. The van der Waals surface area contributed by atoms with E-state index in [4.69, 9.17) is 0 Å². The average molecular weight is 964 g/mol. The predicted octanol–water partition coefficient (Wildman–Crippen LogP) is -3.80. The molecule has 3 fully saturated rings. The van der Waals surface area contributed by atoms with Crippen LogP contribution in [0.3, 0.4) is 0 Å². The number of carbonyl (C=O) groups is 6. The first-order chi connectivity index (χ1) is 32.7. The Kier molecular flexibility index (Phi) is 17.1. The van der Waals surface area contributed by atoms with Crippen molar-refractivity contribution in [1.82, 2.24) is 36.4 Å². The molecule has 3 aromatic rings. The molecule has 3 aliphatic heterocycles. The molecule has 0 aromatic heterocycles. The normalized spacial score (nSPS) is 30.7. The fourth-order valence-electron chi connectivity index (χ4n) is 8.76. The van der Waals surface area contributed by atoms with Crippen LogP contribution in [0.1, 0.15) is 50.8 Å². The van der Waals surface area contributed by atoms with Crippen molar-refractivity contribution in [1.29, 1.82) is 0 Å². The zero-order valence-corrected chi connectivity index (χ0v) is 38.1. The minimum absolute atomic E-state index is 0.0227. The summed E-state index contributed by atoms with van der Waals surface area (Å²) < 4.78 is 0. The Morgan fingerprint density at radius 1 is 0.638 bits per heavy atom. The molecular weight excluding hydrogens is 903 g/mol. The van der Waals surface area contributed by atoms with Gasteiger partial charge in [0.15, 0.2) is 6.23 Å². The summed E-state index contributed by atoms with van der Waals surface area (Å²) in [5.74, 6) is -7.96. The van der Waals surface area contributed by atoms with Crippen LogP contribution in [-0.2, 0) is 35.3 Å². The molecule has 3 aliphatic rings. The molecule has 3 heterocycles. The van der Waals surface area contributed by atoms with Gasteiger partial charge in [-0.05, 0) is 48.2 Å². The third-order valence-corrected chi connectivity index (χ3v) is 12.8. The highest BCUT2D eigenvalue weighted by Crippen LogP contribution is 2.28. The van der Waals surface area contributed by atoms with Gasteiger partial charge in [0.25, 0.3) is 0 Å². The third-order valence-electron chi connectivity index (χ3n) is 12.8. The monoisotopic (exact) mass is 963 g/mol. The summed E-state index contributed by atoms with van der Waals surface area (Å²) in [5.41, 5.74) is 2.45. The van der Waals surface area contributed by atoms with Crippen LogP contribution in [0.4, 0.5) is 0 Å². The molecule has 14 N–H and O–H groups in total. The molecule has 15 atom stereocenters. The standard InChI is InChI=1S/C47H61N7O15/c1-22-20-54-37(38(22)60)45(67)52-43(65)33(59)18-31(48-19-25-9-11-27(12-10-25)26-7-5-4-6-8-26)41(63)49-34(23(2)55)46(68)53-21-30(58)17-32(53)42(64)51-36(44(66)50-35(24(3)56)47(54)69)40(62)39(61)28-13-15-29(57)16-14-28/h4-16,22-24,30-40,43,48,55-62,65H,17-21H2,1-3H3,(H,49,63)(H,50,66)(H,51,64)(H,52,67)/t22-,23+,24+,30+,31-,32-,33+,34-,35-,36-,37-,38-,39-,40-,43-/m0/s1. The van der Waals surface area contributed by atoms with Crippen molar-refractivity contribution in [3.63, 3.8) is 0 Å². The van der Waals surface area contributed by atoms with Crippen molar-refractivity contribution in [2.45, 2.75) is 125 Å². The second kappa shape index (κ2) is 22.6. The van der Waals surface area contributed by atoms with E-state index in [0.717, 1.165) is 27.9 Å². The van der Waals surface area contributed by atoms with Crippen LogP contribution < -0.4 is 26.6 Å². The molecule has 0 bridgehead atoms. The Morgan fingerprint density at radius 3 is 1.81 bits per heavy atom. The zero-order chi connectivity index (χ0) is 50.4. The number of fused-ring (bicyclic) bond motifs is 2. The summed E-state index contributed by atoms with van der Waals surface area (Å²) in [6.45, 7) is 2.90. The van der Waals surface area contributed by atoms with Gasteiger partial charge in [-0.3, -0.25) is 28.8 Å². The van der Waals surface area contributed by atoms with Gasteiger partial charge in [0.2, 0.25) is 35.4 Å². The molecule has 0 saturated carbocycles. The Labute approximate surface area is 396 Å². The lowest BCUT2D eigenvalue weighted by Crippen LogP contribution is -2.64. The van der Waals surface area contributed by atoms with E-state index in [1.165, 1.54) is 38.1 Å². The number of aliphatic hydroxyl groups excluding tert-OH is 8.